The van der Waals surface area contributed by atoms with Crippen molar-refractivity contribution in [3.63, 3.8) is 0 Å². The molecule has 20 heavy (non-hydrogen) atoms. The van der Waals surface area contributed by atoms with Crippen LogP contribution in [-0.4, -0.2) is 48.3 Å². The summed E-state index contributed by atoms with van der Waals surface area (Å²) in [6.07, 6.45) is 1.36. The first-order valence-electron chi connectivity index (χ1n) is 6.86. The smallest absolute Gasteiger partial charge is 0.248 e. The zero-order valence-electron chi connectivity index (χ0n) is 11.8. The molecule has 1 fully saturated rings. The summed E-state index contributed by atoms with van der Waals surface area (Å²) in [5, 5.41) is 10.5. The molecule has 5 heteroatoms. The number of rotatable bonds is 5. The van der Waals surface area contributed by atoms with Crippen LogP contribution >= 0.6 is 0 Å². The van der Waals surface area contributed by atoms with E-state index in [9.17, 15) is 9.90 Å². The second-order valence-corrected chi connectivity index (χ2v) is 5.57. The van der Waals surface area contributed by atoms with Gasteiger partial charge in [-0.25, -0.2) is 0 Å². The minimum absolute atomic E-state index is 0.415. The van der Waals surface area contributed by atoms with Crippen molar-refractivity contribution in [3.05, 3.63) is 35.4 Å². The van der Waals surface area contributed by atoms with Gasteiger partial charge >= 0.3 is 0 Å². The summed E-state index contributed by atoms with van der Waals surface area (Å²) in [4.78, 5) is 13.1. The van der Waals surface area contributed by atoms with Crippen molar-refractivity contribution in [2.75, 3.05) is 26.8 Å². The molecule has 0 atom stereocenters. The Bertz CT molecular complexity index is 453. The van der Waals surface area contributed by atoms with Crippen molar-refractivity contribution >= 4 is 5.91 Å². The molecular weight excluding hydrogens is 256 g/mol. The summed E-state index contributed by atoms with van der Waals surface area (Å²) >= 11 is 0. The fraction of sp³-hybridized carbons (Fsp3) is 0.533. The third-order valence-corrected chi connectivity index (χ3v) is 3.68. The Morgan fingerprint density at radius 2 is 1.95 bits per heavy atom. The number of aliphatic hydroxyl groups is 1. The number of primary amides is 1. The van der Waals surface area contributed by atoms with Gasteiger partial charge in [0.1, 0.15) is 0 Å². The van der Waals surface area contributed by atoms with E-state index in [-0.39, 0.29) is 0 Å². The monoisotopic (exact) mass is 278 g/mol. The third-order valence-electron chi connectivity index (χ3n) is 3.68. The fourth-order valence-corrected chi connectivity index (χ4v) is 2.55. The largest absolute Gasteiger partial charge is 0.388 e. The highest BCUT2D eigenvalue weighted by Crippen LogP contribution is 2.22. The molecule has 2 rings (SSSR count). The molecule has 1 aromatic carbocycles. The molecule has 0 aliphatic carbocycles. The van der Waals surface area contributed by atoms with E-state index in [0.29, 0.717) is 38.2 Å². The van der Waals surface area contributed by atoms with E-state index in [1.165, 1.54) is 0 Å². The van der Waals surface area contributed by atoms with Gasteiger partial charge in [-0.15, -0.1) is 0 Å². The highest BCUT2D eigenvalue weighted by atomic mass is 16.5. The SMILES string of the molecule is CN(Cc1ccc(C(N)=O)cc1)CC1(O)CCOCC1. The van der Waals surface area contributed by atoms with Crippen LogP contribution in [0.3, 0.4) is 0 Å². The molecule has 1 aliphatic heterocycles. The van der Waals surface area contributed by atoms with Crippen LogP contribution in [0.15, 0.2) is 24.3 Å². The van der Waals surface area contributed by atoms with E-state index in [1.54, 1.807) is 12.1 Å². The Balaban J connectivity index is 1.90. The lowest BCUT2D eigenvalue weighted by atomic mass is 9.94. The molecule has 1 heterocycles. The van der Waals surface area contributed by atoms with Gasteiger partial charge in [-0.3, -0.25) is 9.69 Å². The van der Waals surface area contributed by atoms with Gasteiger partial charge in [0.05, 0.1) is 5.60 Å². The lowest BCUT2D eigenvalue weighted by Gasteiger charge is -2.35. The first-order chi connectivity index (χ1) is 9.48. The van der Waals surface area contributed by atoms with Crippen molar-refractivity contribution in [1.29, 1.82) is 0 Å². The van der Waals surface area contributed by atoms with E-state index in [2.05, 4.69) is 4.90 Å². The Morgan fingerprint density at radius 1 is 1.35 bits per heavy atom. The maximum atomic E-state index is 11.0. The average Bonchev–Trinajstić information content (AvgIpc) is 2.39. The number of nitrogens with zero attached hydrogens (tertiary/aromatic N) is 1. The quantitative estimate of drug-likeness (QED) is 0.833. The maximum absolute atomic E-state index is 11.0. The van der Waals surface area contributed by atoms with Gasteiger partial charge in [-0.2, -0.15) is 0 Å². The van der Waals surface area contributed by atoms with Crippen LogP contribution in [0.2, 0.25) is 0 Å². The number of ether oxygens (including phenoxy) is 1. The highest BCUT2D eigenvalue weighted by Gasteiger charge is 2.30. The second kappa shape index (κ2) is 6.35. The minimum atomic E-state index is -0.653. The summed E-state index contributed by atoms with van der Waals surface area (Å²) in [5.41, 5.74) is 6.16. The van der Waals surface area contributed by atoms with E-state index in [0.717, 1.165) is 12.1 Å². The van der Waals surface area contributed by atoms with Crippen LogP contribution in [-0.2, 0) is 11.3 Å². The van der Waals surface area contributed by atoms with Gasteiger partial charge in [-0.05, 0) is 24.7 Å². The topological polar surface area (TPSA) is 75.8 Å². The Hall–Kier alpha value is -1.43. The van der Waals surface area contributed by atoms with Gasteiger partial charge in [0.25, 0.3) is 0 Å². The maximum Gasteiger partial charge on any atom is 0.248 e. The zero-order valence-corrected chi connectivity index (χ0v) is 11.8. The molecular formula is C15H22N2O3. The number of carbonyl (C=O) groups is 1. The second-order valence-electron chi connectivity index (χ2n) is 5.57. The Labute approximate surface area is 119 Å². The molecule has 0 spiro atoms. The third kappa shape index (κ3) is 4.03. The summed E-state index contributed by atoms with van der Waals surface area (Å²) in [7, 11) is 1.98. The lowest BCUT2D eigenvalue weighted by Crippen LogP contribution is -2.45. The zero-order chi connectivity index (χ0) is 14.6. The molecule has 110 valence electrons. The summed E-state index contributed by atoms with van der Waals surface area (Å²) in [6, 6.07) is 7.25. The molecule has 0 unspecified atom stereocenters. The van der Waals surface area contributed by atoms with Crippen LogP contribution < -0.4 is 5.73 Å². The van der Waals surface area contributed by atoms with Crippen LogP contribution in [0.5, 0.6) is 0 Å². The molecule has 5 nitrogen and oxygen atoms in total. The highest BCUT2D eigenvalue weighted by molar-refractivity contribution is 5.92. The molecule has 0 radical (unpaired) electrons. The van der Waals surface area contributed by atoms with Crippen molar-refractivity contribution in [2.45, 2.75) is 25.0 Å². The minimum Gasteiger partial charge on any atom is -0.388 e. The van der Waals surface area contributed by atoms with Gasteiger partial charge in [0, 0.05) is 44.7 Å². The molecule has 3 N–H and O–H groups in total. The van der Waals surface area contributed by atoms with Crippen molar-refractivity contribution in [1.82, 2.24) is 4.90 Å². The number of hydrogen-bond acceptors (Lipinski definition) is 4. The van der Waals surface area contributed by atoms with E-state index in [1.807, 2.05) is 19.2 Å². The summed E-state index contributed by atoms with van der Waals surface area (Å²) < 4.78 is 5.28. The van der Waals surface area contributed by atoms with Gasteiger partial charge < -0.3 is 15.6 Å². The molecule has 0 saturated carbocycles. The molecule has 1 aliphatic rings. The number of benzene rings is 1. The van der Waals surface area contributed by atoms with Gasteiger partial charge in [-0.1, -0.05) is 12.1 Å². The van der Waals surface area contributed by atoms with Crippen LogP contribution in [0.1, 0.15) is 28.8 Å². The normalized spacial score (nSPS) is 18.1. The molecule has 1 amide bonds. The number of hydrogen-bond donors (Lipinski definition) is 2. The Morgan fingerprint density at radius 3 is 2.50 bits per heavy atom. The van der Waals surface area contributed by atoms with Crippen LogP contribution in [0, 0.1) is 0 Å². The van der Waals surface area contributed by atoms with E-state index >= 15 is 0 Å². The van der Waals surface area contributed by atoms with E-state index in [4.69, 9.17) is 10.5 Å². The number of amides is 1. The average molecular weight is 278 g/mol. The van der Waals surface area contributed by atoms with E-state index < -0.39 is 11.5 Å². The van der Waals surface area contributed by atoms with Crippen molar-refractivity contribution in [3.8, 4) is 0 Å². The predicted molar refractivity (Wildman–Crippen MR) is 76.3 cm³/mol. The fourth-order valence-electron chi connectivity index (χ4n) is 2.55. The van der Waals surface area contributed by atoms with Gasteiger partial charge in [0.2, 0.25) is 5.91 Å². The standard InChI is InChI=1S/C15H22N2O3/c1-17(11-15(19)6-8-20-9-7-15)10-12-2-4-13(5-3-12)14(16)18/h2-5,19H,6-11H2,1H3,(H2,16,18). The van der Waals surface area contributed by atoms with Crippen molar-refractivity contribution in [2.24, 2.45) is 5.73 Å². The molecule has 0 aromatic heterocycles. The predicted octanol–water partition coefficient (Wildman–Crippen LogP) is 0.759. The first kappa shape index (κ1) is 15.0. The van der Waals surface area contributed by atoms with Crippen LogP contribution in [0.25, 0.3) is 0 Å². The molecule has 0 bridgehead atoms. The number of carbonyl (C=O) groups excluding carboxylic acids is 1. The van der Waals surface area contributed by atoms with Gasteiger partial charge in [0.15, 0.2) is 0 Å². The first-order valence-corrected chi connectivity index (χ1v) is 6.86. The molecule has 1 aromatic rings. The Kier molecular flexibility index (Phi) is 4.75. The summed E-state index contributed by atoms with van der Waals surface area (Å²) in [6.45, 7) is 2.59. The summed E-state index contributed by atoms with van der Waals surface area (Å²) in [5.74, 6) is -0.415. The van der Waals surface area contributed by atoms with Crippen molar-refractivity contribution < 1.29 is 14.6 Å². The lowest BCUT2D eigenvalue weighted by molar-refractivity contribution is -0.0777. The number of nitrogens with two attached hydrogens (primary N) is 1. The molecule has 1 saturated heterocycles. The van der Waals surface area contributed by atoms with Crippen LogP contribution in [0.4, 0.5) is 0 Å². The number of likely N-dealkylation sites (N-methyl/N-ethyl adjacent to an activating group) is 1.